The molecule has 1 aromatic carbocycles. The third-order valence-electron chi connectivity index (χ3n) is 5.47. The van der Waals surface area contributed by atoms with Crippen LogP contribution in [0.3, 0.4) is 0 Å². The number of ether oxygens (including phenoxy) is 1. The molecule has 1 aromatic heterocycles. The summed E-state index contributed by atoms with van der Waals surface area (Å²) in [7, 11) is 0. The van der Waals surface area contributed by atoms with Crippen molar-refractivity contribution >= 4 is 5.96 Å². The van der Waals surface area contributed by atoms with Crippen molar-refractivity contribution in [2.45, 2.75) is 32.9 Å². The van der Waals surface area contributed by atoms with Crippen molar-refractivity contribution in [1.82, 2.24) is 25.0 Å². The maximum absolute atomic E-state index is 5.66. The molecule has 4 rings (SSSR count). The number of nitrogens with one attached hydrogen (secondary N) is 1. The Morgan fingerprint density at radius 2 is 2.26 bits per heavy atom. The molecule has 0 amide bonds. The van der Waals surface area contributed by atoms with Crippen LogP contribution in [0.1, 0.15) is 30.9 Å². The van der Waals surface area contributed by atoms with E-state index in [2.05, 4.69) is 51.5 Å². The average Bonchev–Trinajstić information content (AvgIpc) is 3.43. The van der Waals surface area contributed by atoms with Gasteiger partial charge in [0.15, 0.2) is 5.96 Å². The Morgan fingerprint density at radius 1 is 1.33 bits per heavy atom. The first-order valence-corrected chi connectivity index (χ1v) is 9.78. The zero-order valence-electron chi connectivity index (χ0n) is 16.0. The largest absolute Gasteiger partial charge is 0.381 e. The van der Waals surface area contributed by atoms with Crippen LogP contribution < -0.4 is 5.32 Å². The van der Waals surface area contributed by atoms with E-state index in [4.69, 9.17) is 9.73 Å². The Kier molecular flexibility index (Phi) is 5.38. The zero-order valence-corrected chi connectivity index (χ0v) is 16.0. The van der Waals surface area contributed by atoms with E-state index < -0.39 is 0 Å². The lowest BCUT2D eigenvalue weighted by Crippen LogP contribution is -2.41. The zero-order chi connectivity index (χ0) is 18.5. The van der Waals surface area contributed by atoms with Gasteiger partial charge in [-0.05, 0) is 30.9 Å². The van der Waals surface area contributed by atoms with Gasteiger partial charge in [-0.15, -0.1) is 0 Å². The van der Waals surface area contributed by atoms with Crippen molar-refractivity contribution in [3.8, 4) is 0 Å². The Balaban J connectivity index is 1.43. The summed E-state index contributed by atoms with van der Waals surface area (Å²) in [6.45, 7) is 8.31. The molecular weight excluding hydrogens is 340 g/mol. The maximum Gasteiger partial charge on any atom is 0.194 e. The lowest BCUT2D eigenvalue weighted by molar-refractivity contribution is 0.156. The van der Waals surface area contributed by atoms with Gasteiger partial charge in [-0.25, -0.2) is 14.7 Å². The van der Waals surface area contributed by atoms with Crippen LogP contribution in [0.5, 0.6) is 0 Å². The van der Waals surface area contributed by atoms with Crippen LogP contribution in [0.25, 0.3) is 0 Å². The summed E-state index contributed by atoms with van der Waals surface area (Å²) in [4.78, 5) is 11.3. The molecule has 2 aliphatic rings. The molecule has 1 spiro atoms. The van der Waals surface area contributed by atoms with Crippen molar-refractivity contribution in [2.24, 2.45) is 10.4 Å². The highest BCUT2D eigenvalue weighted by atomic mass is 16.5. The van der Waals surface area contributed by atoms with E-state index in [0.29, 0.717) is 12.0 Å². The summed E-state index contributed by atoms with van der Waals surface area (Å²) >= 11 is 0. The van der Waals surface area contributed by atoms with Gasteiger partial charge in [0.25, 0.3) is 0 Å². The van der Waals surface area contributed by atoms with Crippen molar-refractivity contribution in [3.63, 3.8) is 0 Å². The molecule has 2 fully saturated rings. The summed E-state index contributed by atoms with van der Waals surface area (Å²) in [6.07, 6.45) is 5.68. The van der Waals surface area contributed by atoms with Crippen LogP contribution in [0.4, 0.5) is 0 Å². The van der Waals surface area contributed by atoms with E-state index in [1.165, 1.54) is 24.0 Å². The second-order valence-corrected chi connectivity index (χ2v) is 7.56. The number of hydrogen-bond donors (Lipinski definition) is 1. The monoisotopic (exact) mass is 368 g/mol. The van der Waals surface area contributed by atoms with Crippen LogP contribution in [0.15, 0.2) is 41.9 Å². The van der Waals surface area contributed by atoms with Crippen LogP contribution in [-0.2, 0) is 17.8 Å². The van der Waals surface area contributed by atoms with Crippen molar-refractivity contribution in [1.29, 1.82) is 0 Å². The molecule has 144 valence electrons. The topological polar surface area (TPSA) is 67.6 Å². The van der Waals surface area contributed by atoms with E-state index >= 15 is 0 Å². The Bertz CT molecular complexity index is 767. The fourth-order valence-electron chi connectivity index (χ4n) is 4.01. The molecule has 2 saturated heterocycles. The lowest BCUT2D eigenvalue weighted by atomic mass is 9.87. The molecule has 7 heteroatoms. The van der Waals surface area contributed by atoms with Crippen molar-refractivity contribution in [2.75, 3.05) is 32.8 Å². The number of aliphatic imine (C=N–C) groups is 1. The van der Waals surface area contributed by atoms with Crippen LogP contribution >= 0.6 is 0 Å². The first-order chi connectivity index (χ1) is 13.3. The van der Waals surface area contributed by atoms with E-state index in [1.54, 1.807) is 12.7 Å². The average molecular weight is 368 g/mol. The SMILES string of the molecule is CCNC(=NCc1cccc(Cn2cncn2)c1)N1CCC2(CCOC2)C1. The number of likely N-dealkylation sites (tertiary alicyclic amines) is 1. The number of guanidine groups is 1. The molecule has 27 heavy (non-hydrogen) atoms. The summed E-state index contributed by atoms with van der Waals surface area (Å²) in [5, 5.41) is 7.64. The van der Waals surface area contributed by atoms with Crippen LogP contribution in [0.2, 0.25) is 0 Å². The fourth-order valence-corrected chi connectivity index (χ4v) is 4.01. The molecule has 1 unspecified atom stereocenters. The first-order valence-electron chi connectivity index (χ1n) is 9.78. The molecule has 2 aliphatic heterocycles. The minimum absolute atomic E-state index is 0.341. The van der Waals surface area contributed by atoms with Gasteiger partial charge in [0.2, 0.25) is 0 Å². The molecule has 3 heterocycles. The Morgan fingerprint density at radius 3 is 3.04 bits per heavy atom. The van der Waals surface area contributed by atoms with Crippen molar-refractivity contribution < 1.29 is 4.74 Å². The molecule has 7 nitrogen and oxygen atoms in total. The van der Waals surface area contributed by atoms with Gasteiger partial charge >= 0.3 is 0 Å². The first kappa shape index (κ1) is 18.0. The molecular formula is C20H28N6O. The molecule has 1 atom stereocenters. The predicted molar refractivity (Wildman–Crippen MR) is 104 cm³/mol. The van der Waals surface area contributed by atoms with Crippen LogP contribution in [0, 0.1) is 5.41 Å². The minimum Gasteiger partial charge on any atom is -0.381 e. The van der Waals surface area contributed by atoms with Gasteiger partial charge in [-0.2, -0.15) is 5.10 Å². The number of benzene rings is 1. The van der Waals surface area contributed by atoms with Crippen molar-refractivity contribution in [3.05, 3.63) is 48.0 Å². The molecule has 0 saturated carbocycles. The molecule has 2 aromatic rings. The van der Waals surface area contributed by atoms with E-state index in [-0.39, 0.29) is 0 Å². The van der Waals surface area contributed by atoms with Gasteiger partial charge in [0.05, 0.1) is 19.7 Å². The fraction of sp³-hybridized carbons (Fsp3) is 0.550. The normalized spacial score (nSPS) is 22.7. The minimum atomic E-state index is 0.341. The molecule has 0 bridgehead atoms. The van der Waals surface area contributed by atoms with E-state index in [1.807, 2.05) is 4.68 Å². The summed E-state index contributed by atoms with van der Waals surface area (Å²) < 4.78 is 7.49. The molecule has 0 radical (unpaired) electrons. The van der Waals surface area contributed by atoms with Gasteiger partial charge in [-0.1, -0.05) is 24.3 Å². The third kappa shape index (κ3) is 4.30. The number of aromatic nitrogens is 3. The lowest BCUT2D eigenvalue weighted by Gasteiger charge is -2.25. The third-order valence-corrected chi connectivity index (χ3v) is 5.47. The van der Waals surface area contributed by atoms with E-state index in [0.717, 1.165) is 45.4 Å². The van der Waals surface area contributed by atoms with Gasteiger partial charge in [0, 0.05) is 31.7 Å². The van der Waals surface area contributed by atoms with Crippen LogP contribution in [-0.4, -0.2) is 58.5 Å². The number of nitrogens with zero attached hydrogens (tertiary/aromatic N) is 5. The maximum atomic E-state index is 5.66. The van der Waals surface area contributed by atoms with Gasteiger partial charge in [0.1, 0.15) is 12.7 Å². The van der Waals surface area contributed by atoms with Gasteiger partial charge in [-0.3, -0.25) is 0 Å². The summed E-state index contributed by atoms with van der Waals surface area (Å²) in [5.41, 5.74) is 2.76. The second-order valence-electron chi connectivity index (χ2n) is 7.56. The summed E-state index contributed by atoms with van der Waals surface area (Å²) in [6, 6.07) is 8.54. The van der Waals surface area contributed by atoms with Gasteiger partial charge < -0.3 is 15.0 Å². The standard InChI is InChI=1S/C20H28N6O/c1-2-22-19(25-8-6-20(13-25)7-9-27-14-20)23-11-17-4-3-5-18(10-17)12-26-16-21-15-24-26/h3-5,10,15-16H,2,6-9,11-14H2,1H3,(H,22,23). The summed E-state index contributed by atoms with van der Waals surface area (Å²) in [5.74, 6) is 1.02. The Hall–Kier alpha value is -2.41. The highest BCUT2D eigenvalue weighted by Crippen LogP contribution is 2.38. The number of hydrogen-bond acceptors (Lipinski definition) is 4. The molecule has 0 aliphatic carbocycles. The second kappa shape index (κ2) is 8.08. The highest BCUT2D eigenvalue weighted by Gasteiger charge is 2.42. The number of rotatable bonds is 5. The predicted octanol–water partition coefficient (Wildman–Crippen LogP) is 1.90. The van der Waals surface area contributed by atoms with E-state index in [9.17, 15) is 0 Å². The quantitative estimate of drug-likeness (QED) is 0.645. The molecule has 1 N–H and O–H groups in total. The smallest absolute Gasteiger partial charge is 0.194 e. The highest BCUT2D eigenvalue weighted by molar-refractivity contribution is 5.80. The Labute approximate surface area is 160 Å².